The quantitative estimate of drug-likeness (QED) is 0.391. The van der Waals surface area contributed by atoms with Gasteiger partial charge in [0.05, 0.1) is 23.0 Å². The van der Waals surface area contributed by atoms with E-state index in [-0.39, 0.29) is 12.1 Å². The number of nitrogens with one attached hydrogen (secondary N) is 2. The Morgan fingerprint density at radius 1 is 1.11 bits per heavy atom. The Labute approximate surface area is 225 Å². The maximum absolute atomic E-state index is 13.1. The summed E-state index contributed by atoms with van der Waals surface area (Å²) in [5.74, 6) is 0.444. The number of likely N-dealkylation sites (tertiary alicyclic amines) is 1. The van der Waals surface area contributed by atoms with Crippen molar-refractivity contribution >= 4 is 17.8 Å². The molecular formula is C32H38N4O2. The molecule has 3 N–H and O–H groups in total. The Hall–Kier alpha value is -3.48. The highest BCUT2D eigenvalue weighted by molar-refractivity contribution is 5.92. The third-order valence-electron chi connectivity index (χ3n) is 7.81. The lowest BCUT2D eigenvalue weighted by molar-refractivity contribution is -0.0306. The van der Waals surface area contributed by atoms with Crippen LogP contribution in [-0.4, -0.2) is 46.3 Å². The molecule has 1 saturated heterocycles. The van der Waals surface area contributed by atoms with Crippen LogP contribution in [0.2, 0.25) is 0 Å². The molecule has 2 amide bonds. The SMILES string of the molecule is Cc1cc(NC(=O)NCC(c2ccccc2)N2CCC(O)(Cc3ccccc3)CC2)c2c(n1)CC(C)C=C2. The van der Waals surface area contributed by atoms with Crippen molar-refractivity contribution in [2.75, 3.05) is 25.0 Å². The molecule has 0 saturated carbocycles. The number of nitrogens with zero attached hydrogens (tertiary/aromatic N) is 2. The van der Waals surface area contributed by atoms with Crippen LogP contribution in [0.5, 0.6) is 0 Å². The summed E-state index contributed by atoms with van der Waals surface area (Å²) in [5.41, 5.74) is 5.36. The van der Waals surface area contributed by atoms with Crippen LogP contribution in [0.1, 0.15) is 53.9 Å². The fourth-order valence-corrected chi connectivity index (χ4v) is 5.72. The second-order valence-electron chi connectivity index (χ2n) is 10.9. The van der Waals surface area contributed by atoms with Crippen LogP contribution in [0, 0.1) is 12.8 Å². The first-order chi connectivity index (χ1) is 18.4. The Morgan fingerprint density at radius 2 is 1.79 bits per heavy atom. The van der Waals surface area contributed by atoms with E-state index in [2.05, 4.69) is 58.9 Å². The average Bonchev–Trinajstić information content (AvgIpc) is 2.90. The van der Waals surface area contributed by atoms with Gasteiger partial charge in [0.2, 0.25) is 0 Å². The number of aliphatic hydroxyl groups is 1. The minimum absolute atomic E-state index is 0.0251. The molecule has 0 spiro atoms. The zero-order valence-electron chi connectivity index (χ0n) is 22.4. The average molecular weight is 511 g/mol. The molecule has 38 heavy (non-hydrogen) atoms. The molecule has 2 aromatic carbocycles. The molecule has 2 heterocycles. The summed E-state index contributed by atoms with van der Waals surface area (Å²) >= 11 is 0. The van der Waals surface area contributed by atoms with E-state index >= 15 is 0 Å². The minimum atomic E-state index is -0.701. The van der Waals surface area contributed by atoms with Crippen LogP contribution >= 0.6 is 0 Å². The number of anilines is 1. The highest BCUT2D eigenvalue weighted by atomic mass is 16.3. The third kappa shape index (κ3) is 6.32. The molecule has 5 rings (SSSR count). The molecule has 2 unspecified atom stereocenters. The van der Waals surface area contributed by atoms with E-state index in [4.69, 9.17) is 4.98 Å². The van der Waals surface area contributed by atoms with Gasteiger partial charge in [0.15, 0.2) is 0 Å². The van der Waals surface area contributed by atoms with Gasteiger partial charge in [-0.1, -0.05) is 79.7 Å². The van der Waals surface area contributed by atoms with Crippen LogP contribution in [0.15, 0.2) is 72.8 Å². The van der Waals surface area contributed by atoms with Gasteiger partial charge in [-0.05, 0) is 49.3 Å². The molecule has 1 aliphatic heterocycles. The van der Waals surface area contributed by atoms with Crippen molar-refractivity contribution in [3.63, 3.8) is 0 Å². The molecule has 1 aliphatic carbocycles. The number of rotatable bonds is 7. The highest BCUT2D eigenvalue weighted by Gasteiger charge is 2.35. The topological polar surface area (TPSA) is 77.5 Å². The number of hydrogen-bond acceptors (Lipinski definition) is 4. The Bertz CT molecular complexity index is 1270. The van der Waals surface area contributed by atoms with E-state index in [0.717, 1.165) is 47.7 Å². The summed E-state index contributed by atoms with van der Waals surface area (Å²) < 4.78 is 0. The van der Waals surface area contributed by atoms with E-state index < -0.39 is 5.60 Å². The van der Waals surface area contributed by atoms with Crippen LogP contribution in [0.3, 0.4) is 0 Å². The van der Waals surface area contributed by atoms with E-state index in [9.17, 15) is 9.90 Å². The Balaban J connectivity index is 1.25. The molecule has 6 heteroatoms. The van der Waals surface area contributed by atoms with Gasteiger partial charge in [-0.25, -0.2) is 4.79 Å². The van der Waals surface area contributed by atoms with Gasteiger partial charge < -0.3 is 15.7 Å². The highest BCUT2D eigenvalue weighted by Crippen LogP contribution is 2.32. The van der Waals surface area contributed by atoms with Crippen molar-refractivity contribution < 1.29 is 9.90 Å². The van der Waals surface area contributed by atoms with Gasteiger partial charge in [-0.3, -0.25) is 9.88 Å². The van der Waals surface area contributed by atoms with E-state index in [1.54, 1.807) is 0 Å². The van der Waals surface area contributed by atoms with Crippen molar-refractivity contribution in [1.82, 2.24) is 15.2 Å². The number of aryl methyl sites for hydroxylation is 1. The van der Waals surface area contributed by atoms with Crippen molar-refractivity contribution in [3.05, 3.63) is 101 Å². The van der Waals surface area contributed by atoms with Gasteiger partial charge in [-0.2, -0.15) is 0 Å². The first kappa shape index (κ1) is 26.1. The number of fused-ring (bicyclic) bond motifs is 1. The van der Waals surface area contributed by atoms with Crippen LogP contribution in [-0.2, 0) is 12.8 Å². The zero-order chi connectivity index (χ0) is 26.5. The van der Waals surface area contributed by atoms with Crippen molar-refractivity contribution in [2.45, 2.75) is 51.2 Å². The van der Waals surface area contributed by atoms with Crippen LogP contribution in [0.25, 0.3) is 6.08 Å². The summed E-state index contributed by atoms with van der Waals surface area (Å²) in [6.45, 7) is 6.16. The number of benzene rings is 2. The summed E-state index contributed by atoms with van der Waals surface area (Å²) in [6.07, 6.45) is 7.19. The fraction of sp³-hybridized carbons (Fsp3) is 0.375. The lowest BCUT2D eigenvalue weighted by atomic mass is 9.84. The molecule has 2 aliphatic rings. The van der Waals surface area contributed by atoms with Crippen LogP contribution < -0.4 is 10.6 Å². The van der Waals surface area contributed by atoms with Gasteiger partial charge in [0.1, 0.15) is 0 Å². The first-order valence-electron chi connectivity index (χ1n) is 13.7. The molecule has 3 aromatic rings. The number of hydrogen-bond donors (Lipinski definition) is 3. The van der Waals surface area contributed by atoms with E-state index in [0.29, 0.717) is 31.7 Å². The number of carbonyl (C=O) groups excluding carboxylic acids is 1. The number of urea groups is 1. The maximum Gasteiger partial charge on any atom is 0.319 e. The minimum Gasteiger partial charge on any atom is -0.389 e. The molecule has 0 radical (unpaired) electrons. The summed E-state index contributed by atoms with van der Waals surface area (Å²) in [4.78, 5) is 20.2. The number of piperidine rings is 1. The monoisotopic (exact) mass is 510 g/mol. The number of pyridine rings is 1. The van der Waals surface area contributed by atoms with Gasteiger partial charge in [-0.15, -0.1) is 0 Å². The van der Waals surface area contributed by atoms with Gasteiger partial charge in [0.25, 0.3) is 0 Å². The van der Waals surface area contributed by atoms with Gasteiger partial charge >= 0.3 is 6.03 Å². The third-order valence-corrected chi connectivity index (χ3v) is 7.81. The molecular weight excluding hydrogens is 472 g/mol. The summed E-state index contributed by atoms with van der Waals surface area (Å²) in [5, 5.41) is 17.5. The molecule has 1 aromatic heterocycles. The Morgan fingerprint density at radius 3 is 2.50 bits per heavy atom. The lowest BCUT2D eigenvalue weighted by Gasteiger charge is -2.42. The number of carbonyl (C=O) groups is 1. The number of amides is 2. The fourth-order valence-electron chi connectivity index (χ4n) is 5.72. The molecule has 0 bridgehead atoms. The molecule has 6 nitrogen and oxygen atoms in total. The van der Waals surface area contributed by atoms with Crippen molar-refractivity contribution in [2.24, 2.45) is 5.92 Å². The standard InChI is InChI=1S/C32H38N4O2/c1-23-13-14-27-28(19-23)34-24(2)20-29(27)35-31(37)33-22-30(26-11-7-4-8-12-26)36-17-15-32(38,16-18-36)21-25-9-5-3-6-10-25/h3-14,20,23,30,38H,15-19,21-22H2,1-2H3,(H2,33,34,35,37). The first-order valence-corrected chi connectivity index (χ1v) is 13.7. The van der Waals surface area contributed by atoms with Crippen LogP contribution in [0.4, 0.5) is 10.5 Å². The zero-order valence-corrected chi connectivity index (χ0v) is 22.4. The second-order valence-corrected chi connectivity index (χ2v) is 10.9. The second kappa shape index (κ2) is 11.5. The maximum atomic E-state index is 13.1. The van der Waals surface area contributed by atoms with Crippen molar-refractivity contribution in [1.29, 1.82) is 0 Å². The van der Waals surface area contributed by atoms with E-state index in [1.165, 1.54) is 5.56 Å². The summed E-state index contributed by atoms with van der Waals surface area (Å²) in [6, 6.07) is 22.3. The largest absolute Gasteiger partial charge is 0.389 e. The number of aromatic nitrogens is 1. The predicted octanol–water partition coefficient (Wildman–Crippen LogP) is 5.53. The van der Waals surface area contributed by atoms with Gasteiger partial charge in [0, 0.05) is 37.3 Å². The normalized spacial score (nSPS) is 19.4. The number of allylic oxidation sites excluding steroid dienone is 1. The predicted molar refractivity (Wildman–Crippen MR) is 153 cm³/mol. The van der Waals surface area contributed by atoms with Crippen molar-refractivity contribution in [3.8, 4) is 0 Å². The van der Waals surface area contributed by atoms with E-state index in [1.807, 2.05) is 49.4 Å². The summed E-state index contributed by atoms with van der Waals surface area (Å²) in [7, 11) is 0. The molecule has 1 fully saturated rings. The smallest absolute Gasteiger partial charge is 0.319 e. The lowest BCUT2D eigenvalue weighted by Crippen LogP contribution is -2.49. The Kier molecular flexibility index (Phi) is 7.91. The molecule has 2 atom stereocenters. The molecule has 198 valence electrons.